The molecule has 9 nitrogen and oxygen atoms in total. The average Bonchev–Trinajstić information content (AvgIpc) is 2.91. The number of benzene rings is 2. The molecule has 0 amide bonds. The lowest BCUT2D eigenvalue weighted by molar-refractivity contribution is 0.104. The summed E-state index contributed by atoms with van der Waals surface area (Å²) in [6.07, 6.45) is 5.68. The van der Waals surface area contributed by atoms with Crippen LogP contribution in [0, 0.1) is 6.92 Å². The van der Waals surface area contributed by atoms with E-state index < -0.39 is 9.84 Å². The standard InChI is InChI=1S/C28H30N2O7S/c1-19-6-8-21(9-7-19)25(31)10-12-29-24-14-20(17-30-28(24)37-5)18-38(32,33)13-11-23-26(35-3)15-22(34-2)16-27(23)36-4/h6-17,29H,18H2,1-5H3. The van der Waals surface area contributed by atoms with Crippen molar-refractivity contribution >= 4 is 27.4 Å². The van der Waals surface area contributed by atoms with Gasteiger partial charge in [-0.3, -0.25) is 4.79 Å². The normalized spacial score (nSPS) is 11.5. The Morgan fingerprint density at radius 1 is 0.947 bits per heavy atom. The first kappa shape index (κ1) is 28.3. The second-order valence-electron chi connectivity index (χ2n) is 8.16. The highest BCUT2D eigenvalue weighted by molar-refractivity contribution is 7.93. The predicted octanol–water partition coefficient (Wildman–Crippen LogP) is 4.82. The van der Waals surface area contributed by atoms with Crippen LogP contribution >= 0.6 is 0 Å². The Morgan fingerprint density at radius 3 is 2.18 bits per heavy atom. The van der Waals surface area contributed by atoms with Crippen molar-refractivity contribution in [2.24, 2.45) is 0 Å². The van der Waals surface area contributed by atoms with Crippen molar-refractivity contribution in [1.29, 1.82) is 0 Å². The van der Waals surface area contributed by atoms with Crippen molar-refractivity contribution in [3.05, 3.63) is 88.6 Å². The van der Waals surface area contributed by atoms with Gasteiger partial charge in [0.1, 0.15) is 22.9 Å². The summed E-state index contributed by atoms with van der Waals surface area (Å²) >= 11 is 0. The average molecular weight is 539 g/mol. The number of carbonyl (C=O) groups is 1. The van der Waals surface area contributed by atoms with Crippen LogP contribution in [0.3, 0.4) is 0 Å². The summed E-state index contributed by atoms with van der Waals surface area (Å²) in [5.41, 5.74) is 2.90. The Labute approximate surface area is 222 Å². The van der Waals surface area contributed by atoms with Gasteiger partial charge in [-0.25, -0.2) is 13.4 Å². The highest BCUT2D eigenvalue weighted by atomic mass is 32.2. The third-order valence-corrected chi connectivity index (χ3v) is 6.76. The van der Waals surface area contributed by atoms with Gasteiger partial charge in [0.2, 0.25) is 5.88 Å². The fraction of sp³-hybridized carbons (Fsp3) is 0.214. The van der Waals surface area contributed by atoms with Crippen LogP contribution in [0.5, 0.6) is 23.1 Å². The molecule has 0 saturated carbocycles. The highest BCUT2D eigenvalue weighted by Crippen LogP contribution is 2.35. The fourth-order valence-corrected chi connectivity index (χ4v) is 4.57. The fourth-order valence-electron chi connectivity index (χ4n) is 3.51. The van der Waals surface area contributed by atoms with Gasteiger partial charge in [0, 0.05) is 41.6 Å². The van der Waals surface area contributed by atoms with Crippen LogP contribution < -0.4 is 24.3 Å². The number of carbonyl (C=O) groups excluding carboxylic acids is 1. The van der Waals surface area contributed by atoms with Crippen LogP contribution in [0.1, 0.15) is 27.0 Å². The van der Waals surface area contributed by atoms with Gasteiger partial charge in [0.15, 0.2) is 15.6 Å². The molecule has 0 aliphatic heterocycles. The summed E-state index contributed by atoms with van der Waals surface area (Å²) in [5.74, 6) is 1.06. The molecule has 3 aromatic rings. The summed E-state index contributed by atoms with van der Waals surface area (Å²) in [6, 6.07) is 12.1. The van der Waals surface area contributed by atoms with Gasteiger partial charge >= 0.3 is 0 Å². The minimum atomic E-state index is -3.71. The first-order chi connectivity index (χ1) is 18.2. The van der Waals surface area contributed by atoms with Crippen LogP contribution in [0.2, 0.25) is 0 Å². The number of sulfone groups is 1. The van der Waals surface area contributed by atoms with E-state index in [1.54, 1.807) is 30.3 Å². The first-order valence-corrected chi connectivity index (χ1v) is 13.2. The van der Waals surface area contributed by atoms with E-state index in [1.165, 1.54) is 53.0 Å². The number of anilines is 1. The molecule has 10 heteroatoms. The van der Waals surface area contributed by atoms with E-state index in [2.05, 4.69) is 10.3 Å². The van der Waals surface area contributed by atoms with Gasteiger partial charge < -0.3 is 24.3 Å². The molecule has 0 atom stereocenters. The molecule has 0 radical (unpaired) electrons. The van der Waals surface area contributed by atoms with Crippen LogP contribution in [-0.2, 0) is 15.6 Å². The molecule has 0 fully saturated rings. The zero-order valence-electron chi connectivity index (χ0n) is 21.8. The van der Waals surface area contributed by atoms with Crippen molar-refractivity contribution in [3.8, 4) is 23.1 Å². The molecule has 0 aliphatic carbocycles. The van der Waals surface area contributed by atoms with E-state index >= 15 is 0 Å². The number of nitrogens with zero attached hydrogens (tertiary/aromatic N) is 1. The quantitative estimate of drug-likeness (QED) is 0.256. The van der Waals surface area contributed by atoms with E-state index in [1.807, 2.05) is 19.1 Å². The lowest BCUT2D eigenvalue weighted by Crippen LogP contribution is -2.04. The number of nitrogens with one attached hydrogen (secondary N) is 1. The summed E-state index contributed by atoms with van der Waals surface area (Å²) in [5, 5.41) is 4.05. The SMILES string of the molecule is COc1cc(OC)c(C=CS(=O)(=O)Cc2cnc(OC)c(NC=CC(=O)c3ccc(C)cc3)c2)c(OC)c1. The minimum absolute atomic E-state index is 0.183. The Bertz CT molecular complexity index is 1420. The topological polar surface area (TPSA) is 113 Å². The molecule has 0 saturated heterocycles. The van der Waals surface area contributed by atoms with E-state index in [-0.39, 0.29) is 17.4 Å². The third-order valence-electron chi connectivity index (χ3n) is 5.47. The summed E-state index contributed by atoms with van der Waals surface area (Å²) in [4.78, 5) is 16.6. The lowest BCUT2D eigenvalue weighted by Gasteiger charge is -2.12. The summed E-state index contributed by atoms with van der Waals surface area (Å²) in [7, 11) is 2.19. The molecule has 0 unspecified atom stereocenters. The van der Waals surface area contributed by atoms with Crippen molar-refractivity contribution < 1.29 is 32.2 Å². The van der Waals surface area contributed by atoms with Crippen molar-refractivity contribution in [1.82, 2.24) is 4.98 Å². The molecule has 1 heterocycles. The lowest BCUT2D eigenvalue weighted by atomic mass is 10.1. The van der Waals surface area contributed by atoms with Gasteiger partial charge in [-0.05, 0) is 24.6 Å². The van der Waals surface area contributed by atoms with Crippen molar-refractivity contribution in [2.75, 3.05) is 33.8 Å². The smallest absolute Gasteiger partial charge is 0.237 e. The Morgan fingerprint density at radius 2 is 1.61 bits per heavy atom. The van der Waals surface area contributed by atoms with Gasteiger partial charge in [-0.15, -0.1) is 0 Å². The van der Waals surface area contributed by atoms with Crippen molar-refractivity contribution in [2.45, 2.75) is 12.7 Å². The first-order valence-electron chi connectivity index (χ1n) is 11.5. The number of hydrogen-bond acceptors (Lipinski definition) is 9. The molecule has 0 spiro atoms. The molecule has 2 aromatic carbocycles. The maximum absolute atomic E-state index is 12.9. The molecule has 0 aliphatic rings. The molecule has 38 heavy (non-hydrogen) atoms. The molecule has 3 rings (SSSR count). The molecular formula is C28H30N2O7S. The van der Waals surface area contributed by atoms with Crippen LogP contribution in [0.15, 0.2) is 66.3 Å². The molecule has 1 N–H and O–H groups in total. The van der Waals surface area contributed by atoms with E-state index in [0.717, 1.165) is 11.0 Å². The van der Waals surface area contributed by atoms with Crippen molar-refractivity contribution in [3.63, 3.8) is 0 Å². The number of ether oxygens (including phenoxy) is 4. The zero-order valence-corrected chi connectivity index (χ0v) is 22.7. The second-order valence-corrected chi connectivity index (χ2v) is 10.1. The number of pyridine rings is 1. The zero-order chi connectivity index (χ0) is 27.7. The summed E-state index contributed by atoms with van der Waals surface area (Å²) in [6.45, 7) is 1.95. The monoisotopic (exact) mass is 538 g/mol. The Hall–Kier alpha value is -4.31. The van der Waals surface area contributed by atoms with Crippen LogP contribution in [0.4, 0.5) is 5.69 Å². The second kappa shape index (κ2) is 12.8. The largest absolute Gasteiger partial charge is 0.496 e. The predicted molar refractivity (Wildman–Crippen MR) is 147 cm³/mol. The van der Waals surface area contributed by atoms with Gasteiger partial charge in [-0.1, -0.05) is 29.8 Å². The molecule has 0 bridgehead atoms. The maximum Gasteiger partial charge on any atom is 0.237 e. The highest BCUT2D eigenvalue weighted by Gasteiger charge is 2.15. The van der Waals surface area contributed by atoms with E-state index in [4.69, 9.17) is 18.9 Å². The Kier molecular flexibility index (Phi) is 9.50. The number of rotatable bonds is 12. The molecule has 1 aromatic heterocycles. The van der Waals surface area contributed by atoms with Gasteiger partial charge in [0.05, 0.1) is 39.8 Å². The minimum Gasteiger partial charge on any atom is -0.496 e. The van der Waals surface area contributed by atoms with Gasteiger partial charge in [-0.2, -0.15) is 0 Å². The van der Waals surface area contributed by atoms with Gasteiger partial charge in [0.25, 0.3) is 0 Å². The number of hydrogen-bond donors (Lipinski definition) is 1. The number of allylic oxidation sites excluding steroid dienone is 1. The molecule has 200 valence electrons. The number of methoxy groups -OCH3 is 4. The molecular weight excluding hydrogens is 508 g/mol. The number of aryl methyl sites for hydroxylation is 1. The van der Waals surface area contributed by atoms with E-state index in [0.29, 0.717) is 39.6 Å². The maximum atomic E-state index is 12.9. The van der Waals surface area contributed by atoms with E-state index in [9.17, 15) is 13.2 Å². The van der Waals surface area contributed by atoms with Crippen LogP contribution in [-0.4, -0.2) is 47.6 Å². The third kappa shape index (κ3) is 7.36. The number of aromatic nitrogens is 1. The van der Waals surface area contributed by atoms with Crippen LogP contribution in [0.25, 0.3) is 6.08 Å². The Balaban J connectivity index is 1.78. The summed E-state index contributed by atoms with van der Waals surface area (Å²) < 4.78 is 47.1. The number of ketones is 1.